The number of hydrogen-bond donors (Lipinski definition) is 1. The molecule has 1 N–H and O–H groups in total. The van der Waals surface area contributed by atoms with Gasteiger partial charge in [-0.1, -0.05) is 0 Å². The van der Waals surface area contributed by atoms with Crippen molar-refractivity contribution in [2.45, 2.75) is 6.92 Å². The molecule has 0 aromatic carbocycles. The molecule has 4 rings (SSSR count). The lowest BCUT2D eigenvalue weighted by molar-refractivity contribution is 0.208. The maximum Gasteiger partial charge on any atom is 0.322 e. The second-order valence-electron chi connectivity index (χ2n) is 6.10. The molecule has 2 amide bonds. The van der Waals surface area contributed by atoms with Crippen LogP contribution in [-0.2, 0) is 0 Å². The van der Waals surface area contributed by atoms with Gasteiger partial charge in [0.25, 0.3) is 0 Å². The molecule has 1 aliphatic rings. The van der Waals surface area contributed by atoms with Crippen molar-refractivity contribution in [3.63, 3.8) is 0 Å². The summed E-state index contributed by atoms with van der Waals surface area (Å²) in [6.45, 7) is 4.73. The molecule has 0 bridgehead atoms. The Kier molecular flexibility index (Phi) is 4.57. The summed E-state index contributed by atoms with van der Waals surface area (Å²) in [6.07, 6.45) is 3.94. The first kappa shape index (κ1) is 16.6. The molecule has 134 valence electrons. The molecule has 3 aromatic rings. The Bertz CT molecular complexity index is 869. The van der Waals surface area contributed by atoms with Crippen LogP contribution in [0, 0.1) is 6.92 Å². The van der Waals surface area contributed by atoms with Crippen LogP contribution >= 0.6 is 11.3 Å². The molecule has 0 saturated carbocycles. The molecular weight excluding hydrogens is 348 g/mol. The maximum absolute atomic E-state index is 12.3. The van der Waals surface area contributed by atoms with Crippen molar-refractivity contribution >= 4 is 28.2 Å². The minimum absolute atomic E-state index is 0.0426. The molecule has 1 fully saturated rings. The average Bonchev–Trinajstić information content (AvgIpc) is 3.35. The van der Waals surface area contributed by atoms with Crippen LogP contribution in [0.1, 0.15) is 5.82 Å². The van der Waals surface area contributed by atoms with E-state index in [1.54, 1.807) is 0 Å². The van der Waals surface area contributed by atoms with Crippen molar-refractivity contribution in [2.75, 3.05) is 36.4 Å². The number of rotatable bonds is 3. The molecule has 1 saturated heterocycles. The Morgan fingerprint density at radius 2 is 1.81 bits per heavy atom. The van der Waals surface area contributed by atoms with E-state index in [0.717, 1.165) is 35.6 Å². The number of urea groups is 1. The normalized spacial score (nSPS) is 14.5. The molecule has 0 unspecified atom stereocenters. The number of piperazine rings is 1. The van der Waals surface area contributed by atoms with Crippen LogP contribution < -0.4 is 10.2 Å². The maximum atomic E-state index is 12.3. The lowest BCUT2D eigenvalue weighted by atomic mass is 10.3. The Labute approximate surface area is 155 Å². The van der Waals surface area contributed by atoms with Gasteiger partial charge in [0.05, 0.1) is 5.00 Å². The summed E-state index contributed by atoms with van der Waals surface area (Å²) >= 11 is 1.53. The van der Waals surface area contributed by atoms with E-state index < -0.39 is 0 Å². The van der Waals surface area contributed by atoms with Gasteiger partial charge in [-0.15, -0.1) is 11.3 Å². The third kappa shape index (κ3) is 3.55. The summed E-state index contributed by atoms with van der Waals surface area (Å²) in [5.74, 6) is 2.50. The van der Waals surface area contributed by atoms with Gasteiger partial charge in [-0.3, -0.25) is 5.32 Å². The van der Waals surface area contributed by atoms with Crippen LogP contribution in [0.3, 0.4) is 0 Å². The summed E-state index contributed by atoms with van der Waals surface area (Å²) in [4.78, 5) is 25.5. The summed E-state index contributed by atoms with van der Waals surface area (Å²) < 4.78 is 1.98. The fourth-order valence-electron chi connectivity index (χ4n) is 2.99. The van der Waals surface area contributed by atoms with Gasteiger partial charge >= 0.3 is 6.03 Å². The number of nitrogens with zero attached hydrogens (tertiary/aromatic N) is 5. The smallest absolute Gasteiger partial charge is 0.322 e. The van der Waals surface area contributed by atoms with E-state index in [-0.39, 0.29) is 6.03 Å². The molecule has 3 aromatic heterocycles. The largest absolute Gasteiger partial charge is 0.353 e. The van der Waals surface area contributed by atoms with Gasteiger partial charge < -0.3 is 14.4 Å². The van der Waals surface area contributed by atoms with Crippen LogP contribution in [0.15, 0.2) is 48.1 Å². The number of anilines is 2. The molecule has 8 heteroatoms. The van der Waals surface area contributed by atoms with Crippen molar-refractivity contribution in [2.24, 2.45) is 0 Å². The van der Waals surface area contributed by atoms with Crippen LogP contribution in [0.5, 0.6) is 0 Å². The van der Waals surface area contributed by atoms with E-state index in [1.807, 2.05) is 64.5 Å². The zero-order valence-corrected chi connectivity index (χ0v) is 15.3. The fourth-order valence-corrected chi connectivity index (χ4v) is 3.60. The minimum Gasteiger partial charge on any atom is -0.353 e. The molecule has 0 atom stereocenters. The Morgan fingerprint density at radius 3 is 2.50 bits per heavy atom. The number of carbonyl (C=O) groups is 1. The highest BCUT2D eigenvalue weighted by atomic mass is 32.1. The van der Waals surface area contributed by atoms with Gasteiger partial charge in [-0.25, -0.2) is 14.8 Å². The first-order chi connectivity index (χ1) is 12.7. The third-order valence-corrected chi connectivity index (χ3v) is 5.11. The lowest BCUT2D eigenvalue weighted by Crippen LogP contribution is -2.50. The Hall–Kier alpha value is -2.87. The summed E-state index contributed by atoms with van der Waals surface area (Å²) in [7, 11) is 0. The van der Waals surface area contributed by atoms with Crippen molar-refractivity contribution in [3.05, 3.63) is 53.9 Å². The number of carbonyl (C=O) groups excluding carboxylic acids is 1. The van der Waals surface area contributed by atoms with Crippen LogP contribution in [0.2, 0.25) is 0 Å². The molecular formula is C18H20N6OS. The van der Waals surface area contributed by atoms with Crippen LogP contribution in [-0.4, -0.2) is 51.6 Å². The van der Waals surface area contributed by atoms with E-state index in [9.17, 15) is 4.79 Å². The number of amides is 2. The highest BCUT2D eigenvalue weighted by molar-refractivity contribution is 7.14. The lowest BCUT2D eigenvalue weighted by Gasteiger charge is -2.35. The number of aromatic nitrogens is 3. The van der Waals surface area contributed by atoms with Gasteiger partial charge in [0.2, 0.25) is 0 Å². The molecule has 7 nitrogen and oxygen atoms in total. The topological polar surface area (TPSA) is 66.3 Å². The van der Waals surface area contributed by atoms with Crippen molar-refractivity contribution in [3.8, 4) is 5.82 Å². The highest BCUT2D eigenvalue weighted by Gasteiger charge is 2.22. The Morgan fingerprint density at radius 1 is 1.08 bits per heavy atom. The number of hydrogen-bond acceptors (Lipinski definition) is 5. The van der Waals surface area contributed by atoms with E-state index >= 15 is 0 Å². The molecule has 26 heavy (non-hydrogen) atoms. The summed E-state index contributed by atoms with van der Waals surface area (Å²) in [5.41, 5.74) is 0. The zero-order valence-electron chi connectivity index (χ0n) is 14.5. The monoisotopic (exact) mass is 368 g/mol. The van der Waals surface area contributed by atoms with E-state index in [0.29, 0.717) is 13.1 Å². The minimum atomic E-state index is -0.0426. The second-order valence-corrected chi connectivity index (χ2v) is 7.05. The van der Waals surface area contributed by atoms with Crippen molar-refractivity contribution < 1.29 is 4.79 Å². The molecule has 0 radical (unpaired) electrons. The van der Waals surface area contributed by atoms with Crippen molar-refractivity contribution in [1.29, 1.82) is 0 Å². The zero-order chi connectivity index (χ0) is 17.9. The highest BCUT2D eigenvalue weighted by Crippen LogP contribution is 2.19. The Balaban J connectivity index is 1.42. The standard InChI is InChI=1S/C18H20N6OS/c1-14-19-15(22-6-2-3-7-22)13-16(20-14)23-8-10-24(11-9-23)18(25)21-17-5-4-12-26-17/h2-7,12-13H,8-11H2,1H3,(H,21,25). The first-order valence-corrected chi connectivity index (χ1v) is 9.40. The molecule has 4 heterocycles. The fraction of sp³-hybridized carbons (Fsp3) is 0.278. The predicted molar refractivity (Wildman–Crippen MR) is 103 cm³/mol. The van der Waals surface area contributed by atoms with Crippen LogP contribution in [0.4, 0.5) is 15.6 Å². The van der Waals surface area contributed by atoms with Crippen molar-refractivity contribution in [1.82, 2.24) is 19.4 Å². The van der Waals surface area contributed by atoms with Gasteiger partial charge in [-0.05, 0) is 36.6 Å². The van der Waals surface area contributed by atoms with Gasteiger partial charge in [0.15, 0.2) is 0 Å². The third-order valence-electron chi connectivity index (χ3n) is 4.32. The average molecular weight is 368 g/mol. The first-order valence-electron chi connectivity index (χ1n) is 8.52. The van der Waals surface area contributed by atoms with Gasteiger partial charge in [0, 0.05) is 44.6 Å². The van der Waals surface area contributed by atoms with E-state index in [4.69, 9.17) is 0 Å². The number of nitrogens with one attached hydrogen (secondary N) is 1. The van der Waals surface area contributed by atoms with E-state index in [1.165, 1.54) is 11.3 Å². The van der Waals surface area contributed by atoms with Gasteiger partial charge in [0.1, 0.15) is 17.5 Å². The molecule has 0 spiro atoms. The second kappa shape index (κ2) is 7.17. The number of aryl methyl sites for hydroxylation is 1. The van der Waals surface area contributed by atoms with Crippen LogP contribution in [0.25, 0.3) is 5.82 Å². The van der Waals surface area contributed by atoms with Gasteiger partial charge in [-0.2, -0.15) is 0 Å². The summed E-state index contributed by atoms with van der Waals surface area (Å²) in [6, 6.07) is 9.74. The molecule has 0 aliphatic carbocycles. The molecule has 1 aliphatic heterocycles. The van der Waals surface area contributed by atoms with E-state index in [2.05, 4.69) is 20.2 Å². The predicted octanol–water partition coefficient (Wildman–Crippen LogP) is 2.99. The SMILES string of the molecule is Cc1nc(N2CCN(C(=O)Nc3cccs3)CC2)cc(-n2cccc2)n1. The summed E-state index contributed by atoms with van der Waals surface area (Å²) in [5, 5.41) is 5.77. The number of thiophene rings is 1. The quantitative estimate of drug-likeness (QED) is 0.772.